The normalized spacial score (nSPS) is 13.0. The van der Waals surface area contributed by atoms with Crippen LogP contribution in [-0.4, -0.2) is 39.7 Å². The van der Waals surface area contributed by atoms with Gasteiger partial charge in [0.25, 0.3) is 5.56 Å². The third-order valence-corrected chi connectivity index (χ3v) is 7.03. The number of hydrogen-bond acceptors (Lipinski definition) is 6. The summed E-state index contributed by atoms with van der Waals surface area (Å²) in [6, 6.07) is 7.85. The van der Waals surface area contributed by atoms with Crippen LogP contribution in [0.2, 0.25) is 0 Å². The molecule has 0 saturated carbocycles. The minimum absolute atomic E-state index is 0.0717. The monoisotopic (exact) mass is 430 g/mol. The molecule has 2 N–H and O–H groups in total. The molecule has 6 rings (SSSR count). The van der Waals surface area contributed by atoms with Crippen LogP contribution in [0.3, 0.4) is 0 Å². The van der Waals surface area contributed by atoms with E-state index in [0.29, 0.717) is 12.1 Å². The molecule has 1 aromatic carbocycles. The maximum absolute atomic E-state index is 13.3. The first-order chi connectivity index (χ1) is 15.1. The highest BCUT2D eigenvalue weighted by Gasteiger charge is 2.22. The molecule has 0 fully saturated rings. The van der Waals surface area contributed by atoms with Crippen LogP contribution in [0.25, 0.3) is 32.2 Å². The van der Waals surface area contributed by atoms with Gasteiger partial charge in [0, 0.05) is 24.0 Å². The first-order valence-electron chi connectivity index (χ1n) is 9.87. The molecule has 31 heavy (non-hydrogen) atoms. The number of aromatic amines is 2. The number of hydrogen-bond donors (Lipinski definition) is 2. The predicted octanol–water partition coefficient (Wildman–Crippen LogP) is 3.14. The SMILES string of the molecule is CC(c1cc[nH]n1)c1nc2c(s1)c1cnn(Cc3cccc4[nH]ncc34)c(=O)c1n2C. The Morgan fingerprint density at radius 2 is 2.10 bits per heavy atom. The second-order valence-electron chi connectivity index (χ2n) is 7.60. The lowest BCUT2D eigenvalue weighted by Crippen LogP contribution is -2.24. The van der Waals surface area contributed by atoms with Gasteiger partial charge in [0.2, 0.25) is 0 Å². The molecule has 0 aliphatic rings. The Hall–Kier alpha value is -3.79. The molecule has 154 valence electrons. The summed E-state index contributed by atoms with van der Waals surface area (Å²) in [7, 11) is 1.88. The molecular weight excluding hydrogens is 412 g/mol. The predicted molar refractivity (Wildman–Crippen MR) is 119 cm³/mol. The Kier molecular flexibility index (Phi) is 3.84. The van der Waals surface area contributed by atoms with Crippen LogP contribution in [0.1, 0.15) is 29.1 Å². The summed E-state index contributed by atoms with van der Waals surface area (Å²) in [4.78, 5) is 18.2. The number of thiazole rings is 1. The average molecular weight is 430 g/mol. The molecule has 1 unspecified atom stereocenters. The minimum Gasteiger partial charge on any atom is -0.323 e. The van der Waals surface area contributed by atoms with E-state index in [1.54, 1.807) is 23.7 Å². The third-order valence-electron chi connectivity index (χ3n) is 5.77. The van der Waals surface area contributed by atoms with Crippen molar-refractivity contribution in [1.29, 1.82) is 0 Å². The van der Waals surface area contributed by atoms with E-state index in [4.69, 9.17) is 4.98 Å². The van der Waals surface area contributed by atoms with E-state index in [1.807, 2.05) is 42.1 Å². The molecule has 5 heterocycles. The Labute approximate surface area is 179 Å². The van der Waals surface area contributed by atoms with Crippen LogP contribution in [0, 0.1) is 0 Å². The summed E-state index contributed by atoms with van der Waals surface area (Å²) in [6.45, 7) is 2.46. The maximum Gasteiger partial charge on any atom is 0.291 e. The van der Waals surface area contributed by atoms with Crippen LogP contribution < -0.4 is 5.56 Å². The van der Waals surface area contributed by atoms with Gasteiger partial charge in [-0.3, -0.25) is 15.0 Å². The van der Waals surface area contributed by atoms with E-state index in [2.05, 4.69) is 32.4 Å². The summed E-state index contributed by atoms with van der Waals surface area (Å²) in [5, 5.41) is 21.5. The number of fused-ring (bicyclic) bond motifs is 4. The number of aryl methyl sites for hydroxylation is 1. The fourth-order valence-electron chi connectivity index (χ4n) is 4.07. The van der Waals surface area contributed by atoms with Crippen molar-refractivity contribution in [2.45, 2.75) is 19.4 Å². The molecule has 0 aliphatic carbocycles. The first kappa shape index (κ1) is 18.0. The van der Waals surface area contributed by atoms with Crippen LogP contribution in [0.5, 0.6) is 0 Å². The molecule has 1 atom stereocenters. The van der Waals surface area contributed by atoms with Gasteiger partial charge in [0.05, 0.1) is 40.8 Å². The molecule has 0 amide bonds. The van der Waals surface area contributed by atoms with Crippen molar-refractivity contribution >= 4 is 43.5 Å². The van der Waals surface area contributed by atoms with Gasteiger partial charge in [-0.1, -0.05) is 19.1 Å². The lowest BCUT2D eigenvalue weighted by atomic mass is 10.1. The summed E-state index contributed by atoms with van der Waals surface area (Å²) >= 11 is 1.59. The van der Waals surface area contributed by atoms with Crippen molar-refractivity contribution in [2.24, 2.45) is 7.05 Å². The van der Waals surface area contributed by atoms with Gasteiger partial charge in [-0.25, -0.2) is 9.67 Å². The number of nitrogens with zero attached hydrogens (tertiary/aromatic N) is 6. The first-order valence-corrected chi connectivity index (χ1v) is 10.7. The molecule has 0 spiro atoms. The van der Waals surface area contributed by atoms with E-state index in [9.17, 15) is 4.79 Å². The van der Waals surface area contributed by atoms with Crippen LogP contribution in [0.4, 0.5) is 0 Å². The maximum atomic E-state index is 13.3. The van der Waals surface area contributed by atoms with E-state index in [1.165, 1.54) is 4.68 Å². The summed E-state index contributed by atoms with van der Waals surface area (Å²) in [6.07, 6.45) is 5.36. The van der Waals surface area contributed by atoms with Crippen molar-refractivity contribution in [3.05, 3.63) is 69.5 Å². The second-order valence-corrected chi connectivity index (χ2v) is 8.63. The molecule has 9 nitrogen and oxygen atoms in total. The van der Waals surface area contributed by atoms with Crippen molar-refractivity contribution in [2.75, 3.05) is 0 Å². The van der Waals surface area contributed by atoms with Gasteiger partial charge in [0.1, 0.15) is 10.5 Å². The highest BCUT2D eigenvalue weighted by molar-refractivity contribution is 7.19. The lowest BCUT2D eigenvalue weighted by Gasteiger charge is -2.07. The molecule has 0 radical (unpaired) electrons. The fraction of sp³-hybridized carbons (Fsp3) is 0.190. The van der Waals surface area contributed by atoms with Crippen molar-refractivity contribution in [3.63, 3.8) is 0 Å². The van der Waals surface area contributed by atoms with E-state index >= 15 is 0 Å². The molecule has 0 bridgehead atoms. The molecule has 0 saturated heterocycles. The van der Waals surface area contributed by atoms with Crippen molar-refractivity contribution < 1.29 is 0 Å². The van der Waals surface area contributed by atoms with Gasteiger partial charge in [-0.15, -0.1) is 11.3 Å². The standard InChI is InChI=1S/C21H18N8OS/c1-11(15-6-7-22-26-15)20-25-19-18(31-20)14-9-24-29(21(30)17(14)28(19)2)10-12-4-3-5-16-13(12)8-23-27-16/h3-9,11H,10H2,1-2H3,(H,22,26)(H,23,27). The Bertz CT molecular complexity index is 1620. The molecule has 5 aromatic heterocycles. The summed E-state index contributed by atoms with van der Waals surface area (Å²) in [5.74, 6) is 0.0717. The van der Waals surface area contributed by atoms with Gasteiger partial charge in [0.15, 0.2) is 5.65 Å². The number of rotatable bonds is 4. The smallest absolute Gasteiger partial charge is 0.291 e. The Balaban J connectivity index is 1.46. The number of H-pyrrole nitrogens is 2. The van der Waals surface area contributed by atoms with Gasteiger partial charge in [-0.05, 0) is 17.7 Å². The van der Waals surface area contributed by atoms with E-state index < -0.39 is 0 Å². The van der Waals surface area contributed by atoms with Crippen molar-refractivity contribution in [1.82, 2.24) is 39.7 Å². The zero-order valence-electron chi connectivity index (χ0n) is 16.8. The van der Waals surface area contributed by atoms with E-state index in [-0.39, 0.29) is 11.5 Å². The summed E-state index contributed by atoms with van der Waals surface area (Å²) < 4.78 is 4.35. The van der Waals surface area contributed by atoms with Gasteiger partial charge in [-0.2, -0.15) is 15.3 Å². The van der Waals surface area contributed by atoms with Crippen LogP contribution >= 0.6 is 11.3 Å². The van der Waals surface area contributed by atoms with E-state index in [0.717, 1.165) is 42.9 Å². The fourth-order valence-corrected chi connectivity index (χ4v) is 5.24. The molecule has 6 aromatic rings. The topological polar surface area (TPSA) is 110 Å². The molecular formula is C21H18N8OS. The van der Waals surface area contributed by atoms with Crippen LogP contribution in [-0.2, 0) is 13.6 Å². The quantitative estimate of drug-likeness (QED) is 0.446. The third kappa shape index (κ3) is 2.65. The zero-order valence-corrected chi connectivity index (χ0v) is 17.6. The number of nitrogens with one attached hydrogen (secondary N) is 2. The van der Waals surface area contributed by atoms with Gasteiger partial charge < -0.3 is 4.57 Å². The second kappa shape index (κ2) is 6.61. The highest BCUT2D eigenvalue weighted by Crippen LogP contribution is 2.35. The van der Waals surface area contributed by atoms with Crippen molar-refractivity contribution in [3.8, 4) is 0 Å². The Morgan fingerprint density at radius 1 is 1.19 bits per heavy atom. The number of aromatic nitrogens is 8. The van der Waals surface area contributed by atoms with Crippen LogP contribution in [0.15, 0.2) is 47.7 Å². The largest absolute Gasteiger partial charge is 0.323 e. The minimum atomic E-state index is -0.132. The summed E-state index contributed by atoms with van der Waals surface area (Å²) in [5.41, 5.74) is 4.15. The zero-order chi connectivity index (χ0) is 21.1. The highest BCUT2D eigenvalue weighted by atomic mass is 32.1. The number of benzene rings is 1. The average Bonchev–Trinajstić information content (AvgIpc) is 3.56. The molecule has 10 heteroatoms. The Morgan fingerprint density at radius 3 is 2.94 bits per heavy atom. The molecule has 0 aliphatic heterocycles. The lowest BCUT2D eigenvalue weighted by molar-refractivity contribution is 0.647. The van der Waals surface area contributed by atoms with Gasteiger partial charge >= 0.3 is 0 Å².